The van der Waals surface area contributed by atoms with Crippen molar-refractivity contribution >= 4 is 15.9 Å². The second-order valence-corrected chi connectivity index (χ2v) is 8.46. The highest BCUT2D eigenvalue weighted by Crippen LogP contribution is 2.28. The molecule has 2 atom stereocenters. The van der Waals surface area contributed by atoms with Crippen molar-refractivity contribution in [2.24, 2.45) is 0 Å². The van der Waals surface area contributed by atoms with Crippen molar-refractivity contribution in [3.05, 3.63) is 18.0 Å². The summed E-state index contributed by atoms with van der Waals surface area (Å²) in [7, 11) is -3.35. The molecule has 0 unspecified atom stereocenters. The molecule has 0 spiro atoms. The van der Waals surface area contributed by atoms with Crippen molar-refractivity contribution in [2.45, 2.75) is 44.1 Å². The summed E-state index contributed by atoms with van der Waals surface area (Å²) in [5, 5.41) is 6.97. The standard InChI is InChI=1S/C15H24N4O3S/c1-23(21,22)19-10-3-2-6-14(19)15(20)18-9-4-5-12(11-18)13-7-8-16-17-13/h7-8,12,14H,2-6,9-11H2,1H3,(H,16,17)/t12-,14+/m0/s1. The molecule has 2 fully saturated rings. The summed E-state index contributed by atoms with van der Waals surface area (Å²) in [6.07, 6.45) is 7.23. The van der Waals surface area contributed by atoms with Gasteiger partial charge < -0.3 is 4.90 Å². The van der Waals surface area contributed by atoms with Crippen LogP contribution in [0.4, 0.5) is 0 Å². The maximum atomic E-state index is 12.9. The summed E-state index contributed by atoms with van der Waals surface area (Å²) in [5.41, 5.74) is 1.05. The number of piperidine rings is 2. The second-order valence-electron chi connectivity index (χ2n) is 6.52. The van der Waals surface area contributed by atoms with Crippen LogP contribution in [0.3, 0.4) is 0 Å². The van der Waals surface area contributed by atoms with Crippen LogP contribution in [0.1, 0.15) is 43.7 Å². The molecule has 1 aromatic heterocycles. The number of rotatable bonds is 3. The molecule has 128 valence electrons. The lowest BCUT2D eigenvalue weighted by atomic mass is 9.93. The van der Waals surface area contributed by atoms with Crippen LogP contribution in [-0.2, 0) is 14.8 Å². The fourth-order valence-corrected chi connectivity index (χ4v) is 4.80. The van der Waals surface area contributed by atoms with Crippen molar-refractivity contribution in [3.8, 4) is 0 Å². The van der Waals surface area contributed by atoms with Crippen molar-refractivity contribution in [2.75, 3.05) is 25.9 Å². The van der Waals surface area contributed by atoms with E-state index in [0.29, 0.717) is 26.1 Å². The van der Waals surface area contributed by atoms with E-state index >= 15 is 0 Å². The largest absolute Gasteiger partial charge is 0.341 e. The third-order valence-corrected chi connectivity index (χ3v) is 6.15. The molecule has 0 aliphatic carbocycles. The van der Waals surface area contributed by atoms with Gasteiger partial charge in [-0.15, -0.1) is 0 Å². The number of likely N-dealkylation sites (tertiary alicyclic amines) is 1. The van der Waals surface area contributed by atoms with Crippen molar-refractivity contribution < 1.29 is 13.2 Å². The molecule has 0 saturated carbocycles. The zero-order valence-electron chi connectivity index (χ0n) is 13.4. The summed E-state index contributed by atoms with van der Waals surface area (Å²) >= 11 is 0. The predicted molar refractivity (Wildman–Crippen MR) is 86.3 cm³/mol. The van der Waals surface area contributed by atoms with Crippen molar-refractivity contribution in [1.82, 2.24) is 19.4 Å². The molecule has 1 amide bonds. The number of hydrogen-bond donors (Lipinski definition) is 1. The molecular formula is C15H24N4O3S. The van der Waals surface area contributed by atoms with Gasteiger partial charge in [0.1, 0.15) is 6.04 Å². The molecule has 2 saturated heterocycles. The molecular weight excluding hydrogens is 316 g/mol. The fourth-order valence-electron chi connectivity index (χ4n) is 3.68. The van der Waals surface area contributed by atoms with Crippen molar-refractivity contribution in [3.63, 3.8) is 0 Å². The number of aromatic nitrogens is 2. The number of carbonyl (C=O) groups excluding carboxylic acids is 1. The Hall–Kier alpha value is -1.41. The fraction of sp³-hybridized carbons (Fsp3) is 0.733. The molecule has 8 heteroatoms. The van der Waals surface area contributed by atoms with Gasteiger partial charge in [-0.05, 0) is 31.7 Å². The van der Waals surface area contributed by atoms with Gasteiger partial charge >= 0.3 is 0 Å². The van der Waals surface area contributed by atoms with Gasteiger partial charge in [0.2, 0.25) is 15.9 Å². The minimum absolute atomic E-state index is 0.0423. The van der Waals surface area contributed by atoms with Gasteiger partial charge in [0, 0.05) is 37.4 Å². The third-order valence-electron chi connectivity index (χ3n) is 4.86. The van der Waals surface area contributed by atoms with E-state index < -0.39 is 16.1 Å². The van der Waals surface area contributed by atoms with Crippen LogP contribution in [0.15, 0.2) is 12.3 Å². The van der Waals surface area contributed by atoms with E-state index in [1.165, 1.54) is 10.6 Å². The molecule has 0 radical (unpaired) electrons. The molecule has 7 nitrogen and oxygen atoms in total. The van der Waals surface area contributed by atoms with Crippen LogP contribution in [0, 0.1) is 0 Å². The van der Waals surface area contributed by atoms with Gasteiger partial charge in [0.15, 0.2) is 0 Å². The van der Waals surface area contributed by atoms with Crippen LogP contribution in [0.5, 0.6) is 0 Å². The van der Waals surface area contributed by atoms with E-state index in [2.05, 4.69) is 10.2 Å². The normalized spacial score (nSPS) is 27.1. The first-order valence-electron chi connectivity index (χ1n) is 8.21. The Morgan fingerprint density at radius 2 is 2.09 bits per heavy atom. The topological polar surface area (TPSA) is 86.4 Å². The van der Waals surface area contributed by atoms with Gasteiger partial charge in [-0.3, -0.25) is 9.89 Å². The first-order valence-corrected chi connectivity index (χ1v) is 10.1. The van der Waals surface area contributed by atoms with Crippen LogP contribution >= 0.6 is 0 Å². The number of hydrogen-bond acceptors (Lipinski definition) is 4. The van der Waals surface area contributed by atoms with Crippen molar-refractivity contribution in [1.29, 1.82) is 0 Å². The van der Waals surface area contributed by atoms with Gasteiger partial charge in [-0.2, -0.15) is 9.40 Å². The number of sulfonamides is 1. The molecule has 2 aliphatic rings. The van der Waals surface area contributed by atoms with Gasteiger partial charge in [0.25, 0.3) is 0 Å². The molecule has 0 bridgehead atoms. The Balaban J connectivity index is 1.73. The lowest BCUT2D eigenvalue weighted by Gasteiger charge is -2.39. The van der Waals surface area contributed by atoms with Gasteiger partial charge in [-0.1, -0.05) is 6.42 Å². The smallest absolute Gasteiger partial charge is 0.241 e. The molecule has 3 heterocycles. The van der Waals surface area contributed by atoms with Crippen LogP contribution < -0.4 is 0 Å². The molecule has 3 rings (SSSR count). The Labute approximate surface area is 137 Å². The highest BCUT2D eigenvalue weighted by atomic mass is 32.2. The molecule has 0 aromatic carbocycles. The molecule has 1 aromatic rings. The number of aromatic amines is 1. The summed E-state index contributed by atoms with van der Waals surface area (Å²) < 4.78 is 25.3. The van der Waals surface area contributed by atoms with E-state index in [1.54, 1.807) is 6.20 Å². The minimum atomic E-state index is -3.35. The van der Waals surface area contributed by atoms with Gasteiger partial charge in [0.05, 0.1) is 6.26 Å². The quantitative estimate of drug-likeness (QED) is 0.887. The SMILES string of the molecule is CS(=O)(=O)N1CCCC[C@@H]1C(=O)N1CCC[C@H](c2ccn[nH]2)C1. The summed E-state index contributed by atoms with van der Waals surface area (Å²) in [6.45, 7) is 1.79. The molecule has 23 heavy (non-hydrogen) atoms. The zero-order valence-corrected chi connectivity index (χ0v) is 14.3. The lowest BCUT2D eigenvalue weighted by Crippen LogP contribution is -2.54. The highest BCUT2D eigenvalue weighted by molar-refractivity contribution is 7.88. The number of H-pyrrole nitrogens is 1. The Morgan fingerprint density at radius 3 is 2.78 bits per heavy atom. The maximum absolute atomic E-state index is 12.9. The summed E-state index contributed by atoms with van der Waals surface area (Å²) in [6, 6.07) is 1.42. The Kier molecular flexibility index (Phi) is 4.72. The average Bonchev–Trinajstić information content (AvgIpc) is 3.08. The van der Waals surface area contributed by atoms with E-state index in [-0.39, 0.29) is 11.8 Å². The average molecular weight is 340 g/mol. The maximum Gasteiger partial charge on any atom is 0.241 e. The predicted octanol–water partition coefficient (Wildman–Crippen LogP) is 0.930. The lowest BCUT2D eigenvalue weighted by molar-refractivity contribution is -0.137. The number of carbonyl (C=O) groups is 1. The summed E-state index contributed by atoms with van der Waals surface area (Å²) in [4.78, 5) is 14.8. The summed E-state index contributed by atoms with van der Waals surface area (Å²) in [5.74, 6) is 0.213. The first-order chi connectivity index (χ1) is 11.0. The Bertz CT molecular complexity index is 644. The van der Waals surface area contributed by atoms with E-state index in [4.69, 9.17) is 0 Å². The van der Waals surface area contributed by atoms with Crippen LogP contribution in [0.2, 0.25) is 0 Å². The van der Waals surface area contributed by atoms with E-state index in [1.807, 2.05) is 11.0 Å². The monoisotopic (exact) mass is 340 g/mol. The second kappa shape index (κ2) is 6.60. The van der Waals surface area contributed by atoms with E-state index in [9.17, 15) is 13.2 Å². The highest BCUT2D eigenvalue weighted by Gasteiger charge is 2.38. The number of nitrogens with one attached hydrogen (secondary N) is 1. The van der Waals surface area contributed by atoms with Gasteiger partial charge in [-0.25, -0.2) is 8.42 Å². The Morgan fingerprint density at radius 1 is 1.26 bits per heavy atom. The number of nitrogens with zero attached hydrogens (tertiary/aromatic N) is 3. The zero-order chi connectivity index (χ0) is 16.4. The van der Waals surface area contributed by atoms with Crippen LogP contribution in [-0.4, -0.2) is 65.7 Å². The molecule has 2 aliphatic heterocycles. The van der Waals surface area contributed by atoms with E-state index in [0.717, 1.165) is 31.4 Å². The molecule has 1 N–H and O–H groups in total. The minimum Gasteiger partial charge on any atom is -0.341 e. The van der Waals surface area contributed by atoms with Crippen LogP contribution in [0.25, 0.3) is 0 Å². The first kappa shape index (κ1) is 16.4. The third kappa shape index (κ3) is 3.58. The number of amides is 1.